The van der Waals surface area contributed by atoms with Crippen LogP contribution in [-0.2, 0) is 15.1 Å². The highest BCUT2D eigenvalue weighted by Gasteiger charge is 2.60. The van der Waals surface area contributed by atoms with E-state index in [1.807, 2.05) is 25.1 Å². The van der Waals surface area contributed by atoms with Gasteiger partial charge in [0.15, 0.2) is 0 Å². The Morgan fingerprint density at radius 2 is 1.93 bits per heavy atom. The Hall–Kier alpha value is -2.86. The molecule has 1 fully saturated rings. The maximum Gasteiger partial charge on any atom is 0.250 e. The molecule has 0 aliphatic carbocycles. The molecule has 1 spiro atoms. The van der Waals surface area contributed by atoms with Gasteiger partial charge in [0, 0.05) is 23.0 Å². The van der Waals surface area contributed by atoms with Gasteiger partial charge in [0.1, 0.15) is 11.3 Å². The molecule has 2 aliphatic heterocycles. The second kappa shape index (κ2) is 7.19. The van der Waals surface area contributed by atoms with Crippen LogP contribution in [-0.4, -0.2) is 25.0 Å². The van der Waals surface area contributed by atoms with E-state index in [0.29, 0.717) is 18.0 Å². The van der Waals surface area contributed by atoms with Crippen LogP contribution >= 0.6 is 0 Å². The highest BCUT2D eigenvalue weighted by atomic mass is 16.5. The topological polar surface area (TPSA) is 79.5 Å². The molecule has 152 valence electrons. The molecule has 4 rings (SSSR count). The van der Waals surface area contributed by atoms with E-state index in [1.54, 1.807) is 31.4 Å². The van der Waals surface area contributed by atoms with Crippen molar-refractivity contribution in [3.05, 3.63) is 53.6 Å². The van der Waals surface area contributed by atoms with Crippen molar-refractivity contribution in [3.8, 4) is 5.75 Å². The average Bonchev–Trinajstić information content (AvgIpc) is 3.23. The Bertz CT molecular complexity index is 954. The number of methoxy groups -OCH3 is 1. The molecule has 0 aromatic heterocycles. The fourth-order valence-electron chi connectivity index (χ4n) is 4.45. The molecule has 2 aliphatic rings. The first-order valence-electron chi connectivity index (χ1n) is 10.0. The first-order chi connectivity index (χ1) is 13.8. The summed E-state index contributed by atoms with van der Waals surface area (Å²) in [5.74, 6) is 0.195. The van der Waals surface area contributed by atoms with Gasteiger partial charge in [0.2, 0.25) is 11.8 Å². The van der Waals surface area contributed by atoms with E-state index in [9.17, 15) is 9.59 Å². The molecule has 0 unspecified atom stereocenters. The second-order valence-electron chi connectivity index (χ2n) is 8.31. The van der Waals surface area contributed by atoms with Gasteiger partial charge in [-0.15, -0.1) is 0 Å². The molecule has 2 heterocycles. The largest absolute Gasteiger partial charge is 0.497 e. The Morgan fingerprint density at radius 1 is 1.21 bits per heavy atom. The van der Waals surface area contributed by atoms with E-state index >= 15 is 0 Å². The van der Waals surface area contributed by atoms with Crippen LogP contribution in [0.2, 0.25) is 0 Å². The second-order valence-corrected chi connectivity index (χ2v) is 8.31. The number of fused-ring (bicyclic) bond motifs is 2. The summed E-state index contributed by atoms with van der Waals surface area (Å²) in [6, 6.07) is 13.2. The first kappa shape index (κ1) is 19.5. The number of ether oxygens (including phenoxy) is 1. The zero-order valence-electron chi connectivity index (χ0n) is 17.2. The van der Waals surface area contributed by atoms with Gasteiger partial charge in [-0.05, 0) is 49.6 Å². The number of nitrogens with one attached hydrogen (secondary N) is 3. The number of aryl methyl sites for hydroxylation is 1. The van der Waals surface area contributed by atoms with E-state index in [1.165, 1.54) is 0 Å². The zero-order valence-corrected chi connectivity index (χ0v) is 17.2. The Kier molecular flexibility index (Phi) is 4.82. The van der Waals surface area contributed by atoms with Crippen LogP contribution in [0.15, 0.2) is 42.5 Å². The van der Waals surface area contributed by atoms with Crippen molar-refractivity contribution in [2.75, 3.05) is 17.7 Å². The smallest absolute Gasteiger partial charge is 0.250 e. The van der Waals surface area contributed by atoms with Crippen LogP contribution in [0.5, 0.6) is 5.75 Å². The van der Waals surface area contributed by atoms with Gasteiger partial charge in [-0.25, -0.2) is 0 Å². The monoisotopic (exact) mass is 393 g/mol. The summed E-state index contributed by atoms with van der Waals surface area (Å²) in [6.45, 7) is 6.22. The average molecular weight is 393 g/mol. The molecule has 0 radical (unpaired) electrons. The highest BCUT2D eigenvalue weighted by Crippen LogP contribution is 2.48. The molecule has 0 saturated carbocycles. The van der Waals surface area contributed by atoms with Crippen LogP contribution in [0.1, 0.15) is 31.4 Å². The van der Waals surface area contributed by atoms with Crippen molar-refractivity contribution < 1.29 is 14.3 Å². The minimum absolute atomic E-state index is 0.0684. The third-order valence-electron chi connectivity index (χ3n) is 6.11. The Labute approximate surface area is 171 Å². The van der Waals surface area contributed by atoms with Crippen molar-refractivity contribution in [3.63, 3.8) is 0 Å². The lowest BCUT2D eigenvalue weighted by Gasteiger charge is -2.30. The van der Waals surface area contributed by atoms with Gasteiger partial charge >= 0.3 is 0 Å². The SMILES string of the molecule is COc1ccc(NC(=O)[C@H]2C[C@H](C(C)C)N[C@]23C(=O)Nc2ccc(C)cc23)cc1. The fourth-order valence-corrected chi connectivity index (χ4v) is 4.45. The number of amides is 2. The first-order valence-corrected chi connectivity index (χ1v) is 10.0. The number of hydrogen-bond acceptors (Lipinski definition) is 4. The number of benzene rings is 2. The van der Waals surface area contributed by atoms with Crippen LogP contribution in [0.4, 0.5) is 11.4 Å². The molecule has 2 amide bonds. The molecular formula is C23H27N3O3. The van der Waals surface area contributed by atoms with E-state index < -0.39 is 11.5 Å². The molecule has 0 bridgehead atoms. The Balaban J connectivity index is 1.71. The third-order valence-corrected chi connectivity index (χ3v) is 6.11. The molecule has 1 saturated heterocycles. The lowest BCUT2D eigenvalue weighted by molar-refractivity contribution is -0.130. The van der Waals surface area contributed by atoms with E-state index in [4.69, 9.17) is 4.74 Å². The predicted molar refractivity (Wildman–Crippen MR) is 113 cm³/mol. The fraction of sp³-hybridized carbons (Fsp3) is 0.391. The predicted octanol–water partition coefficient (Wildman–Crippen LogP) is 3.42. The molecule has 2 aromatic carbocycles. The summed E-state index contributed by atoms with van der Waals surface area (Å²) in [6.07, 6.45) is 0.598. The van der Waals surface area contributed by atoms with Crippen molar-refractivity contribution in [1.29, 1.82) is 0 Å². The number of hydrogen-bond donors (Lipinski definition) is 3. The number of rotatable bonds is 4. The Morgan fingerprint density at radius 3 is 2.59 bits per heavy atom. The number of carbonyl (C=O) groups is 2. The molecule has 6 heteroatoms. The lowest BCUT2D eigenvalue weighted by Crippen LogP contribution is -2.52. The summed E-state index contributed by atoms with van der Waals surface area (Å²) in [7, 11) is 1.60. The third kappa shape index (κ3) is 3.17. The maximum atomic E-state index is 13.4. The van der Waals surface area contributed by atoms with Gasteiger partial charge in [-0.2, -0.15) is 0 Å². The van der Waals surface area contributed by atoms with Gasteiger partial charge < -0.3 is 15.4 Å². The van der Waals surface area contributed by atoms with Crippen molar-refractivity contribution in [1.82, 2.24) is 5.32 Å². The zero-order chi connectivity index (χ0) is 20.8. The van der Waals surface area contributed by atoms with Crippen molar-refractivity contribution in [2.24, 2.45) is 11.8 Å². The number of anilines is 2. The molecular weight excluding hydrogens is 366 g/mol. The van der Waals surface area contributed by atoms with Crippen LogP contribution in [0.3, 0.4) is 0 Å². The minimum Gasteiger partial charge on any atom is -0.497 e. The van der Waals surface area contributed by atoms with Gasteiger partial charge in [-0.3, -0.25) is 14.9 Å². The minimum atomic E-state index is -1.05. The summed E-state index contributed by atoms with van der Waals surface area (Å²) in [5, 5.41) is 9.52. The molecule has 29 heavy (non-hydrogen) atoms. The molecule has 6 nitrogen and oxygen atoms in total. The maximum absolute atomic E-state index is 13.4. The number of carbonyl (C=O) groups excluding carboxylic acids is 2. The summed E-state index contributed by atoms with van der Waals surface area (Å²) >= 11 is 0. The normalized spacial score (nSPS) is 25.2. The highest BCUT2D eigenvalue weighted by molar-refractivity contribution is 6.10. The summed E-state index contributed by atoms with van der Waals surface area (Å²) in [5.41, 5.74) is 2.33. The van der Waals surface area contributed by atoms with E-state index in [-0.39, 0.29) is 17.9 Å². The van der Waals surface area contributed by atoms with Crippen LogP contribution < -0.4 is 20.7 Å². The standard InChI is InChI=1S/C23H27N3O3/c1-13(2)20-12-18(21(27)24-15-6-8-16(29-4)9-7-15)23(26-20)17-11-14(3)5-10-19(17)25-22(23)28/h5-11,13,18,20,26H,12H2,1-4H3,(H,24,27)(H,25,28)/t18-,20-,23+/m1/s1. The van der Waals surface area contributed by atoms with E-state index in [0.717, 1.165) is 22.6 Å². The van der Waals surface area contributed by atoms with Gasteiger partial charge in [0.05, 0.1) is 13.0 Å². The quantitative estimate of drug-likeness (QED) is 0.744. The lowest BCUT2D eigenvalue weighted by atomic mass is 9.79. The van der Waals surface area contributed by atoms with Crippen molar-refractivity contribution in [2.45, 2.75) is 38.8 Å². The summed E-state index contributed by atoms with van der Waals surface area (Å²) in [4.78, 5) is 26.6. The molecule has 2 aromatic rings. The van der Waals surface area contributed by atoms with Crippen LogP contribution in [0.25, 0.3) is 0 Å². The van der Waals surface area contributed by atoms with E-state index in [2.05, 4.69) is 29.8 Å². The van der Waals surface area contributed by atoms with Crippen molar-refractivity contribution >= 4 is 23.2 Å². The van der Waals surface area contributed by atoms with Gasteiger partial charge in [-0.1, -0.05) is 31.5 Å². The van der Waals surface area contributed by atoms with Gasteiger partial charge in [0.25, 0.3) is 0 Å². The van der Waals surface area contributed by atoms with Crippen LogP contribution in [0, 0.1) is 18.8 Å². The summed E-state index contributed by atoms with van der Waals surface area (Å²) < 4.78 is 5.18. The molecule has 3 N–H and O–H groups in total. The molecule has 3 atom stereocenters.